The quantitative estimate of drug-likeness (QED) is 0.808. The minimum Gasteiger partial charge on any atom is -0.364 e. The third-order valence-corrected chi connectivity index (χ3v) is 5.79. The van der Waals surface area contributed by atoms with Crippen LogP contribution in [-0.2, 0) is 0 Å². The Labute approximate surface area is 101 Å². The summed E-state index contributed by atoms with van der Waals surface area (Å²) in [7, 11) is 0. The van der Waals surface area contributed by atoms with Crippen molar-refractivity contribution in [2.75, 3.05) is 24.6 Å². The summed E-state index contributed by atoms with van der Waals surface area (Å²) in [6.45, 7) is 6.72. The monoisotopic (exact) mass is 244 g/mol. The predicted molar refractivity (Wildman–Crippen MR) is 72.0 cm³/mol. The molecule has 0 aromatic rings. The maximum atomic E-state index is 4.56. The predicted octanol–water partition coefficient (Wildman–Crippen LogP) is 2.60. The first kappa shape index (κ1) is 11.6. The Balaban J connectivity index is 1.78. The Morgan fingerprint density at radius 2 is 2.47 bits per heavy atom. The third-order valence-electron chi connectivity index (χ3n) is 2.97. The second kappa shape index (κ2) is 5.00. The fourth-order valence-electron chi connectivity index (χ4n) is 1.90. The maximum absolute atomic E-state index is 4.56. The molecule has 0 aliphatic carbocycles. The summed E-state index contributed by atoms with van der Waals surface area (Å²) in [5.41, 5.74) is 0. The van der Waals surface area contributed by atoms with E-state index in [1.54, 1.807) is 0 Å². The molecule has 4 heteroatoms. The van der Waals surface area contributed by atoms with Crippen LogP contribution in [0, 0.1) is 5.92 Å². The molecule has 1 N–H and O–H groups in total. The van der Waals surface area contributed by atoms with Crippen LogP contribution in [0.2, 0.25) is 0 Å². The zero-order valence-corrected chi connectivity index (χ0v) is 11.2. The molecular formula is C11H20N2S2. The zero-order valence-electron chi connectivity index (χ0n) is 9.58. The van der Waals surface area contributed by atoms with Crippen molar-refractivity contribution < 1.29 is 0 Å². The number of nitrogens with zero attached hydrogens (tertiary/aromatic N) is 1. The Kier molecular flexibility index (Phi) is 3.88. The SMILES string of the molecule is CC1CN=C(NCC2(C)CCCS2)SC1. The van der Waals surface area contributed by atoms with E-state index in [0.29, 0.717) is 4.75 Å². The molecule has 0 amide bonds. The Bertz CT molecular complexity index is 247. The van der Waals surface area contributed by atoms with Crippen LogP contribution in [0.5, 0.6) is 0 Å². The van der Waals surface area contributed by atoms with Gasteiger partial charge < -0.3 is 5.32 Å². The van der Waals surface area contributed by atoms with E-state index in [2.05, 4.69) is 35.9 Å². The van der Waals surface area contributed by atoms with E-state index in [1.165, 1.54) is 29.5 Å². The van der Waals surface area contributed by atoms with Gasteiger partial charge in [-0.3, -0.25) is 4.99 Å². The van der Waals surface area contributed by atoms with Crippen LogP contribution in [-0.4, -0.2) is 34.5 Å². The number of amidine groups is 1. The second-order valence-corrected chi connectivity index (χ2v) is 7.51. The molecule has 2 atom stereocenters. The van der Waals surface area contributed by atoms with E-state index in [-0.39, 0.29) is 0 Å². The average molecular weight is 244 g/mol. The van der Waals surface area contributed by atoms with E-state index in [4.69, 9.17) is 0 Å². The molecule has 2 nitrogen and oxygen atoms in total. The molecule has 2 heterocycles. The van der Waals surface area contributed by atoms with Crippen molar-refractivity contribution >= 4 is 28.7 Å². The molecule has 2 unspecified atom stereocenters. The highest BCUT2D eigenvalue weighted by Gasteiger charge is 2.29. The molecule has 2 aliphatic rings. The van der Waals surface area contributed by atoms with Crippen molar-refractivity contribution in [3.05, 3.63) is 0 Å². The number of nitrogens with one attached hydrogen (secondary N) is 1. The van der Waals surface area contributed by atoms with Crippen molar-refractivity contribution in [3.8, 4) is 0 Å². The Morgan fingerprint density at radius 3 is 3.07 bits per heavy atom. The first-order valence-electron chi connectivity index (χ1n) is 5.73. The molecule has 2 aliphatic heterocycles. The molecule has 0 radical (unpaired) electrons. The van der Waals surface area contributed by atoms with Gasteiger partial charge in [-0.05, 0) is 31.4 Å². The molecule has 15 heavy (non-hydrogen) atoms. The van der Waals surface area contributed by atoms with Gasteiger partial charge in [0.05, 0.1) is 0 Å². The van der Waals surface area contributed by atoms with Gasteiger partial charge >= 0.3 is 0 Å². The number of hydrogen-bond acceptors (Lipinski definition) is 4. The van der Waals surface area contributed by atoms with Gasteiger partial charge in [0.1, 0.15) is 0 Å². The fourth-order valence-corrected chi connectivity index (χ4v) is 4.04. The van der Waals surface area contributed by atoms with Crippen molar-refractivity contribution in [1.82, 2.24) is 5.32 Å². The lowest BCUT2D eigenvalue weighted by molar-refractivity contribution is 0.589. The lowest BCUT2D eigenvalue weighted by atomic mass is 10.1. The maximum Gasteiger partial charge on any atom is 0.156 e. The van der Waals surface area contributed by atoms with E-state index < -0.39 is 0 Å². The molecule has 0 spiro atoms. The van der Waals surface area contributed by atoms with Gasteiger partial charge in [-0.25, -0.2) is 0 Å². The van der Waals surface area contributed by atoms with Crippen LogP contribution >= 0.6 is 23.5 Å². The third kappa shape index (κ3) is 3.31. The summed E-state index contributed by atoms with van der Waals surface area (Å²) in [4.78, 5) is 4.56. The molecule has 2 rings (SSSR count). The highest BCUT2D eigenvalue weighted by molar-refractivity contribution is 8.13. The van der Waals surface area contributed by atoms with Gasteiger partial charge in [0.25, 0.3) is 0 Å². The topological polar surface area (TPSA) is 24.4 Å². The molecule has 1 fully saturated rings. The van der Waals surface area contributed by atoms with Crippen molar-refractivity contribution in [2.24, 2.45) is 10.9 Å². The number of thioether (sulfide) groups is 2. The highest BCUT2D eigenvalue weighted by Crippen LogP contribution is 2.37. The highest BCUT2D eigenvalue weighted by atomic mass is 32.2. The second-order valence-electron chi connectivity index (χ2n) is 4.82. The van der Waals surface area contributed by atoms with Crippen LogP contribution in [0.3, 0.4) is 0 Å². The minimum atomic E-state index is 0.451. The van der Waals surface area contributed by atoms with Gasteiger partial charge in [-0.1, -0.05) is 18.7 Å². The van der Waals surface area contributed by atoms with Crippen molar-refractivity contribution in [3.63, 3.8) is 0 Å². The summed E-state index contributed by atoms with van der Waals surface area (Å²) < 4.78 is 0.451. The Morgan fingerprint density at radius 1 is 1.60 bits per heavy atom. The summed E-state index contributed by atoms with van der Waals surface area (Å²) >= 11 is 3.99. The summed E-state index contributed by atoms with van der Waals surface area (Å²) in [5, 5.41) is 4.69. The van der Waals surface area contributed by atoms with Gasteiger partial charge in [0.15, 0.2) is 5.17 Å². The minimum absolute atomic E-state index is 0.451. The molecule has 1 saturated heterocycles. The zero-order chi connectivity index (χ0) is 10.7. The Hall–Kier alpha value is 0.170. The van der Waals surface area contributed by atoms with E-state index in [1.807, 2.05) is 11.8 Å². The van der Waals surface area contributed by atoms with Crippen molar-refractivity contribution in [2.45, 2.75) is 31.4 Å². The molecule has 0 aromatic heterocycles. The van der Waals surface area contributed by atoms with E-state index in [9.17, 15) is 0 Å². The first-order valence-corrected chi connectivity index (χ1v) is 7.70. The van der Waals surface area contributed by atoms with Crippen LogP contribution < -0.4 is 5.32 Å². The smallest absolute Gasteiger partial charge is 0.156 e. The molecular weight excluding hydrogens is 224 g/mol. The molecule has 0 saturated carbocycles. The van der Waals surface area contributed by atoms with E-state index in [0.717, 1.165) is 19.0 Å². The first-order chi connectivity index (χ1) is 7.18. The molecule has 0 bridgehead atoms. The largest absolute Gasteiger partial charge is 0.364 e. The van der Waals surface area contributed by atoms with Crippen molar-refractivity contribution in [1.29, 1.82) is 0 Å². The molecule has 86 valence electrons. The number of aliphatic imine (C=N–C) groups is 1. The van der Waals surface area contributed by atoms with Crippen LogP contribution in [0.4, 0.5) is 0 Å². The summed E-state index contributed by atoms with van der Waals surface area (Å²) in [6, 6.07) is 0. The number of hydrogen-bond donors (Lipinski definition) is 1. The van der Waals surface area contributed by atoms with Gasteiger partial charge in [0.2, 0.25) is 0 Å². The lowest BCUT2D eigenvalue weighted by Crippen LogP contribution is -2.37. The van der Waals surface area contributed by atoms with Crippen LogP contribution in [0.1, 0.15) is 26.7 Å². The van der Waals surface area contributed by atoms with Gasteiger partial charge in [0, 0.05) is 23.6 Å². The summed E-state index contributed by atoms with van der Waals surface area (Å²) in [5.74, 6) is 3.29. The summed E-state index contributed by atoms with van der Waals surface area (Å²) in [6.07, 6.45) is 2.72. The van der Waals surface area contributed by atoms with Gasteiger partial charge in [-0.15, -0.1) is 0 Å². The number of rotatable bonds is 2. The van der Waals surface area contributed by atoms with Gasteiger partial charge in [-0.2, -0.15) is 11.8 Å². The normalized spacial score (nSPS) is 36.4. The average Bonchev–Trinajstić information content (AvgIpc) is 2.65. The molecule has 0 aromatic carbocycles. The van der Waals surface area contributed by atoms with Crippen LogP contribution in [0.25, 0.3) is 0 Å². The van der Waals surface area contributed by atoms with Crippen LogP contribution in [0.15, 0.2) is 4.99 Å². The van der Waals surface area contributed by atoms with E-state index >= 15 is 0 Å². The standard InChI is InChI=1S/C11H20N2S2/c1-9-6-12-10(14-7-9)13-8-11(2)4-3-5-15-11/h9H,3-8H2,1-2H3,(H,12,13). The fraction of sp³-hybridized carbons (Fsp3) is 0.909. The lowest BCUT2D eigenvalue weighted by Gasteiger charge is -2.25.